The van der Waals surface area contributed by atoms with Gasteiger partial charge in [0.1, 0.15) is 17.2 Å². The standard InChI is InChI=1S/C22H20N2O5/c1-27-15-10-14(11-16(12-15)28-2)19-13-18(17-6-3-4-7-20(17)25)23-24(19)22(26)21-8-5-9-29-21/h3-12,19,25H,13H2,1-2H3/t19-/m0/s1. The third-order valence-electron chi connectivity index (χ3n) is 4.82. The van der Waals surface area contributed by atoms with Crippen molar-refractivity contribution in [2.24, 2.45) is 5.10 Å². The molecule has 1 aromatic heterocycles. The lowest BCUT2D eigenvalue weighted by molar-refractivity contribution is 0.0678. The number of furan rings is 1. The van der Waals surface area contributed by atoms with E-state index in [2.05, 4.69) is 5.10 Å². The fourth-order valence-corrected chi connectivity index (χ4v) is 3.37. The van der Waals surface area contributed by atoms with Gasteiger partial charge in [-0.15, -0.1) is 0 Å². The molecule has 3 aromatic rings. The molecule has 1 aliphatic heterocycles. The van der Waals surface area contributed by atoms with E-state index in [4.69, 9.17) is 13.9 Å². The van der Waals surface area contributed by atoms with Crippen LogP contribution in [0.15, 0.2) is 70.4 Å². The van der Waals surface area contributed by atoms with E-state index >= 15 is 0 Å². The Kier molecular flexibility index (Phi) is 4.95. The molecule has 1 amide bonds. The predicted molar refractivity (Wildman–Crippen MR) is 106 cm³/mol. The molecule has 4 rings (SSSR count). The summed E-state index contributed by atoms with van der Waals surface area (Å²) in [6.07, 6.45) is 1.86. The van der Waals surface area contributed by atoms with Crippen molar-refractivity contribution in [1.82, 2.24) is 5.01 Å². The number of phenols is 1. The van der Waals surface area contributed by atoms with E-state index in [1.807, 2.05) is 18.2 Å². The van der Waals surface area contributed by atoms with Gasteiger partial charge < -0.3 is 19.0 Å². The van der Waals surface area contributed by atoms with E-state index in [1.54, 1.807) is 50.6 Å². The zero-order valence-corrected chi connectivity index (χ0v) is 16.0. The van der Waals surface area contributed by atoms with Crippen LogP contribution in [0.2, 0.25) is 0 Å². The molecular formula is C22H20N2O5. The van der Waals surface area contributed by atoms with Gasteiger partial charge in [-0.2, -0.15) is 5.10 Å². The molecule has 7 heteroatoms. The SMILES string of the molecule is COc1cc(OC)cc([C@@H]2CC(c3ccccc3O)=NN2C(=O)c2ccco2)c1. The number of carbonyl (C=O) groups is 1. The minimum absolute atomic E-state index is 0.112. The topological polar surface area (TPSA) is 84.5 Å². The Morgan fingerprint density at radius 2 is 1.83 bits per heavy atom. The molecule has 1 atom stereocenters. The number of carbonyl (C=O) groups excluding carboxylic acids is 1. The molecule has 1 N–H and O–H groups in total. The highest BCUT2D eigenvalue weighted by molar-refractivity contribution is 6.06. The first kappa shape index (κ1) is 18.6. The number of phenolic OH excluding ortho intramolecular Hbond substituents is 1. The maximum Gasteiger partial charge on any atom is 0.310 e. The molecule has 0 radical (unpaired) electrons. The van der Waals surface area contributed by atoms with Crippen LogP contribution >= 0.6 is 0 Å². The fourth-order valence-electron chi connectivity index (χ4n) is 3.37. The third-order valence-corrected chi connectivity index (χ3v) is 4.82. The number of hydrogen-bond donors (Lipinski definition) is 1. The summed E-state index contributed by atoms with van der Waals surface area (Å²) in [5.74, 6) is 1.15. The quantitative estimate of drug-likeness (QED) is 0.710. The number of hydrogen-bond acceptors (Lipinski definition) is 6. The number of para-hydroxylation sites is 1. The fraction of sp³-hybridized carbons (Fsp3) is 0.182. The van der Waals surface area contributed by atoms with Crippen molar-refractivity contribution < 1.29 is 23.8 Å². The van der Waals surface area contributed by atoms with Crippen LogP contribution in [0.4, 0.5) is 0 Å². The van der Waals surface area contributed by atoms with Crippen LogP contribution in [-0.2, 0) is 0 Å². The van der Waals surface area contributed by atoms with E-state index in [-0.39, 0.29) is 17.4 Å². The van der Waals surface area contributed by atoms with Gasteiger partial charge in [-0.05, 0) is 42.0 Å². The summed E-state index contributed by atoms with van der Waals surface area (Å²) < 4.78 is 16.0. The van der Waals surface area contributed by atoms with Crippen molar-refractivity contribution in [1.29, 1.82) is 0 Å². The van der Waals surface area contributed by atoms with Gasteiger partial charge in [-0.1, -0.05) is 12.1 Å². The minimum Gasteiger partial charge on any atom is -0.507 e. The van der Waals surface area contributed by atoms with Gasteiger partial charge in [0.05, 0.1) is 32.2 Å². The number of amides is 1. The molecular weight excluding hydrogens is 372 g/mol. The zero-order valence-electron chi connectivity index (χ0n) is 16.0. The van der Waals surface area contributed by atoms with Crippen molar-refractivity contribution in [3.05, 3.63) is 77.7 Å². The van der Waals surface area contributed by atoms with Gasteiger partial charge in [0.25, 0.3) is 0 Å². The third kappa shape index (κ3) is 3.54. The predicted octanol–water partition coefficient (Wildman–Crippen LogP) is 3.99. The Balaban J connectivity index is 1.78. The van der Waals surface area contributed by atoms with Crippen molar-refractivity contribution in [3.63, 3.8) is 0 Å². The molecule has 0 aliphatic carbocycles. The van der Waals surface area contributed by atoms with E-state index in [0.717, 1.165) is 5.56 Å². The number of rotatable bonds is 5. The highest BCUT2D eigenvalue weighted by Crippen LogP contribution is 2.38. The number of nitrogens with zero attached hydrogens (tertiary/aromatic N) is 2. The Bertz CT molecular complexity index is 1040. The molecule has 0 saturated carbocycles. The molecule has 0 saturated heterocycles. The maximum absolute atomic E-state index is 13.1. The maximum atomic E-state index is 13.1. The molecule has 2 heterocycles. The van der Waals surface area contributed by atoms with Crippen molar-refractivity contribution in [3.8, 4) is 17.2 Å². The molecule has 0 bridgehead atoms. The first-order valence-electron chi connectivity index (χ1n) is 9.06. The number of hydrazone groups is 1. The summed E-state index contributed by atoms with van der Waals surface area (Å²) in [7, 11) is 3.14. The Morgan fingerprint density at radius 1 is 1.10 bits per heavy atom. The average molecular weight is 392 g/mol. The van der Waals surface area contributed by atoms with Crippen LogP contribution in [-0.4, -0.2) is 36.0 Å². The molecule has 1 aliphatic rings. The van der Waals surface area contributed by atoms with E-state index in [9.17, 15) is 9.90 Å². The van der Waals surface area contributed by atoms with Crippen molar-refractivity contribution in [2.75, 3.05) is 14.2 Å². The van der Waals surface area contributed by atoms with Crippen LogP contribution in [0.3, 0.4) is 0 Å². The smallest absolute Gasteiger partial charge is 0.310 e. The lowest BCUT2D eigenvalue weighted by atomic mass is 9.97. The van der Waals surface area contributed by atoms with Gasteiger partial charge in [-0.3, -0.25) is 4.79 Å². The number of ether oxygens (including phenoxy) is 2. The number of methoxy groups -OCH3 is 2. The second kappa shape index (κ2) is 7.71. The van der Waals surface area contributed by atoms with E-state index in [0.29, 0.717) is 29.2 Å². The molecule has 29 heavy (non-hydrogen) atoms. The Labute approximate surface area is 167 Å². The number of aromatic hydroxyl groups is 1. The van der Waals surface area contributed by atoms with Crippen LogP contribution in [0, 0.1) is 0 Å². The normalized spacial score (nSPS) is 15.9. The second-order valence-corrected chi connectivity index (χ2v) is 6.56. The second-order valence-electron chi connectivity index (χ2n) is 6.56. The van der Waals surface area contributed by atoms with Gasteiger partial charge >= 0.3 is 5.91 Å². The molecule has 0 spiro atoms. The van der Waals surface area contributed by atoms with E-state index in [1.165, 1.54) is 11.3 Å². The van der Waals surface area contributed by atoms with Crippen molar-refractivity contribution >= 4 is 11.6 Å². The summed E-state index contributed by atoms with van der Waals surface area (Å²) in [5.41, 5.74) is 1.99. The molecule has 7 nitrogen and oxygen atoms in total. The summed E-state index contributed by atoms with van der Waals surface area (Å²) in [5, 5.41) is 16.2. The lowest BCUT2D eigenvalue weighted by Crippen LogP contribution is -2.26. The van der Waals surface area contributed by atoms with Crippen LogP contribution in [0.5, 0.6) is 17.2 Å². The first-order valence-corrected chi connectivity index (χ1v) is 9.06. The molecule has 2 aromatic carbocycles. The van der Waals surface area contributed by atoms with Gasteiger partial charge in [0.2, 0.25) is 0 Å². The Hall–Kier alpha value is -3.74. The lowest BCUT2D eigenvalue weighted by Gasteiger charge is -2.22. The summed E-state index contributed by atoms with van der Waals surface area (Å²) >= 11 is 0. The summed E-state index contributed by atoms with van der Waals surface area (Å²) in [6, 6.07) is 15.2. The van der Waals surface area contributed by atoms with E-state index < -0.39 is 6.04 Å². The largest absolute Gasteiger partial charge is 0.507 e. The molecule has 0 unspecified atom stereocenters. The summed E-state index contributed by atoms with van der Waals surface area (Å²) in [4.78, 5) is 13.1. The average Bonchev–Trinajstić information content (AvgIpc) is 3.43. The minimum atomic E-state index is -0.411. The Morgan fingerprint density at radius 3 is 2.45 bits per heavy atom. The van der Waals surface area contributed by atoms with Crippen LogP contribution in [0.1, 0.15) is 34.1 Å². The van der Waals surface area contributed by atoms with Crippen LogP contribution in [0.25, 0.3) is 0 Å². The first-order chi connectivity index (χ1) is 14.1. The molecule has 0 fully saturated rings. The van der Waals surface area contributed by atoms with Gasteiger partial charge in [0, 0.05) is 18.1 Å². The van der Waals surface area contributed by atoms with Gasteiger partial charge in [0.15, 0.2) is 5.76 Å². The monoisotopic (exact) mass is 392 g/mol. The van der Waals surface area contributed by atoms with Crippen molar-refractivity contribution in [2.45, 2.75) is 12.5 Å². The number of benzene rings is 2. The summed E-state index contributed by atoms with van der Waals surface area (Å²) in [6.45, 7) is 0. The highest BCUT2D eigenvalue weighted by atomic mass is 16.5. The zero-order chi connectivity index (χ0) is 20.4. The van der Waals surface area contributed by atoms with Crippen LogP contribution < -0.4 is 9.47 Å². The van der Waals surface area contributed by atoms with Gasteiger partial charge in [-0.25, -0.2) is 5.01 Å². The molecule has 148 valence electrons. The highest BCUT2D eigenvalue weighted by Gasteiger charge is 2.36.